The Morgan fingerprint density at radius 3 is 2.04 bits per heavy atom. The van der Waals surface area contributed by atoms with Crippen LogP contribution < -0.4 is 0 Å². The van der Waals surface area contributed by atoms with Crippen LogP contribution in [0.2, 0.25) is 0 Å². The molecular formula is C45H34N2. The zero-order chi connectivity index (χ0) is 31.3. The minimum absolute atomic E-state index is 0.0617. The molecule has 2 aliphatic rings. The lowest BCUT2D eigenvalue weighted by molar-refractivity contribution is 0.661. The fourth-order valence-corrected chi connectivity index (χ4v) is 8.59. The van der Waals surface area contributed by atoms with Gasteiger partial charge in [-0.15, -0.1) is 0 Å². The van der Waals surface area contributed by atoms with Gasteiger partial charge in [0.2, 0.25) is 0 Å². The van der Waals surface area contributed by atoms with Crippen molar-refractivity contribution in [3.63, 3.8) is 0 Å². The van der Waals surface area contributed by atoms with E-state index >= 15 is 0 Å². The second kappa shape index (κ2) is 9.70. The molecule has 0 fully saturated rings. The third-order valence-electron chi connectivity index (χ3n) is 10.8. The molecule has 2 heteroatoms. The van der Waals surface area contributed by atoms with Crippen molar-refractivity contribution in [3.05, 3.63) is 162 Å². The lowest BCUT2D eigenvalue weighted by Crippen LogP contribution is -2.15. The molecule has 6 aromatic carbocycles. The molecule has 47 heavy (non-hydrogen) atoms. The van der Waals surface area contributed by atoms with Crippen molar-refractivity contribution < 1.29 is 0 Å². The summed E-state index contributed by atoms with van der Waals surface area (Å²) in [4.78, 5) is 0. The first-order valence-electron chi connectivity index (χ1n) is 16.7. The van der Waals surface area contributed by atoms with Crippen LogP contribution in [0.15, 0.2) is 140 Å². The minimum Gasteiger partial charge on any atom is -0.313 e. The Kier molecular flexibility index (Phi) is 5.49. The van der Waals surface area contributed by atoms with Gasteiger partial charge in [0.15, 0.2) is 0 Å². The lowest BCUT2D eigenvalue weighted by Gasteiger charge is -2.22. The normalized spacial score (nSPS) is 14.7. The molecule has 10 rings (SSSR count). The van der Waals surface area contributed by atoms with Crippen LogP contribution in [0.5, 0.6) is 0 Å². The number of benzene rings is 6. The predicted molar refractivity (Wildman–Crippen MR) is 198 cm³/mol. The maximum Gasteiger partial charge on any atom is 0.0541 e. The molecule has 0 bridgehead atoms. The molecule has 0 saturated carbocycles. The van der Waals surface area contributed by atoms with E-state index in [9.17, 15) is 0 Å². The molecule has 2 heterocycles. The largest absolute Gasteiger partial charge is 0.313 e. The first-order chi connectivity index (χ1) is 23.1. The number of aromatic nitrogens is 2. The van der Waals surface area contributed by atoms with Crippen LogP contribution in [-0.4, -0.2) is 9.13 Å². The molecule has 0 N–H and O–H groups in total. The number of fused-ring (bicyclic) bond motifs is 9. The van der Waals surface area contributed by atoms with Crippen LogP contribution in [0.3, 0.4) is 0 Å². The van der Waals surface area contributed by atoms with Crippen molar-refractivity contribution in [3.8, 4) is 27.9 Å². The number of hydrogen-bond donors (Lipinski definition) is 0. The molecule has 0 aliphatic heterocycles. The zero-order valence-corrected chi connectivity index (χ0v) is 26.7. The Morgan fingerprint density at radius 1 is 0.489 bits per heavy atom. The number of para-hydroxylation sites is 2. The summed E-state index contributed by atoms with van der Waals surface area (Å²) >= 11 is 0. The maximum atomic E-state index is 2.58. The van der Waals surface area contributed by atoms with Crippen LogP contribution in [0.25, 0.3) is 72.4 Å². The van der Waals surface area contributed by atoms with E-state index < -0.39 is 0 Å². The van der Waals surface area contributed by atoms with Gasteiger partial charge in [0.1, 0.15) is 0 Å². The van der Waals surface area contributed by atoms with E-state index in [1.165, 1.54) is 88.7 Å². The monoisotopic (exact) mass is 602 g/mol. The first kappa shape index (κ1) is 26.6. The average Bonchev–Trinajstić information content (AvgIpc) is 3.71. The third kappa shape index (κ3) is 3.73. The minimum atomic E-state index is -0.0617. The Bertz CT molecular complexity index is 2580. The first-order valence-corrected chi connectivity index (χ1v) is 16.7. The predicted octanol–water partition coefficient (Wildman–Crippen LogP) is 11.7. The highest BCUT2D eigenvalue weighted by Crippen LogP contribution is 2.51. The van der Waals surface area contributed by atoms with Gasteiger partial charge >= 0.3 is 0 Å². The second-order valence-electron chi connectivity index (χ2n) is 13.7. The smallest absolute Gasteiger partial charge is 0.0541 e. The molecule has 0 radical (unpaired) electrons. The van der Waals surface area contributed by atoms with Crippen molar-refractivity contribution >= 4 is 44.5 Å². The van der Waals surface area contributed by atoms with Crippen molar-refractivity contribution in [2.45, 2.75) is 32.1 Å². The number of hydrogen-bond acceptors (Lipinski definition) is 0. The van der Waals surface area contributed by atoms with E-state index in [1.807, 2.05) is 0 Å². The standard InChI is InChI=1S/C45H34N2/c1-45(2)39-19-11-9-17-33(39)35-27-38-36-25-30(29-13-5-3-6-14-29)21-23-42(36)47(44(38)28-40(35)45)32-22-24-43-37(26-32)34-18-10-12-20-41(34)46(43)31-15-7-4-8-16-31/h3-21,23,25-28H,22,24H2,1-2H3. The summed E-state index contributed by atoms with van der Waals surface area (Å²) in [5.74, 6) is 0. The van der Waals surface area contributed by atoms with E-state index in [2.05, 4.69) is 169 Å². The number of nitrogens with zero attached hydrogens (tertiary/aromatic N) is 2. The van der Waals surface area contributed by atoms with Gasteiger partial charge in [0.05, 0.1) is 16.6 Å². The Morgan fingerprint density at radius 2 is 1.19 bits per heavy atom. The van der Waals surface area contributed by atoms with Gasteiger partial charge in [-0.25, -0.2) is 0 Å². The Labute approximate surface area is 274 Å². The summed E-state index contributed by atoms with van der Waals surface area (Å²) in [5.41, 5.74) is 17.2. The van der Waals surface area contributed by atoms with Crippen LogP contribution in [0, 0.1) is 0 Å². The third-order valence-corrected chi connectivity index (χ3v) is 10.8. The van der Waals surface area contributed by atoms with Crippen LogP contribution >= 0.6 is 0 Å². The molecule has 0 amide bonds. The summed E-state index contributed by atoms with van der Waals surface area (Å²) in [7, 11) is 0. The van der Waals surface area contributed by atoms with Crippen molar-refractivity contribution in [1.29, 1.82) is 0 Å². The molecule has 0 spiro atoms. The number of rotatable bonds is 3. The molecule has 8 aromatic rings. The topological polar surface area (TPSA) is 9.86 Å². The van der Waals surface area contributed by atoms with E-state index in [0.717, 1.165) is 12.8 Å². The van der Waals surface area contributed by atoms with E-state index in [1.54, 1.807) is 0 Å². The van der Waals surface area contributed by atoms with Crippen molar-refractivity contribution in [1.82, 2.24) is 9.13 Å². The molecule has 0 saturated heterocycles. The zero-order valence-electron chi connectivity index (χ0n) is 26.7. The summed E-state index contributed by atoms with van der Waals surface area (Å²) in [6.45, 7) is 4.77. The van der Waals surface area contributed by atoms with E-state index in [-0.39, 0.29) is 5.41 Å². The van der Waals surface area contributed by atoms with Gasteiger partial charge in [-0.2, -0.15) is 0 Å². The van der Waals surface area contributed by atoms with Gasteiger partial charge in [-0.3, -0.25) is 0 Å². The van der Waals surface area contributed by atoms with Crippen LogP contribution in [0.1, 0.15) is 42.7 Å². The maximum absolute atomic E-state index is 2.58. The fourth-order valence-electron chi connectivity index (χ4n) is 8.59. The van der Waals surface area contributed by atoms with E-state index in [0.29, 0.717) is 0 Å². The Hall–Kier alpha value is -5.60. The van der Waals surface area contributed by atoms with Gasteiger partial charge in [0, 0.05) is 44.2 Å². The van der Waals surface area contributed by atoms with Crippen LogP contribution in [0.4, 0.5) is 0 Å². The lowest BCUT2D eigenvalue weighted by atomic mass is 9.82. The van der Waals surface area contributed by atoms with Gasteiger partial charge in [0.25, 0.3) is 0 Å². The molecular weight excluding hydrogens is 569 g/mol. The molecule has 224 valence electrons. The Balaban J connectivity index is 1.26. The molecule has 0 atom stereocenters. The summed E-state index contributed by atoms with van der Waals surface area (Å²) in [6.07, 6.45) is 4.43. The van der Waals surface area contributed by atoms with Crippen molar-refractivity contribution in [2.24, 2.45) is 0 Å². The van der Waals surface area contributed by atoms with Gasteiger partial charge in [-0.1, -0.05) is 111 Å². The van der Waals surface area contributed by atoms with E-state index in [4.69, 9.17) is 0 Å². The van der Waals surface area contributed by atoms with Crippen LogP contribution in [-0.2, 0) is 11.8 Å². The second-order valence-corrected chi connectivity index (χ2v) is 13.7. The number of allylic oxidation sites excluding steroid dienone is 1. The summed E-state index contributed by atoms with van der Waals surface area (Å²) in [5, 5.41) is 3.94. The highest BCUT2D eigenvalue weighted by Gasteiger charge is 2.36. The molecule has 2 aromatic heterocycles. The summed E-state index contributed by atoms with van der Waals surface area (Å²) < 4.78 is 5.05. The average molecular weight is 603 g/mol. The van der Waals surface area contributed by atoms with Gasteiger partial charge < -0.3 is 9.13 Å². The highest BCUT2D eigenvalue weighted by atomic mass is 15.0. The highest BCUT2D eigenvalue weighted by molar-refractivity contribution is 6.14. The van der Waals surface area contributed by atoms with Gasteiger partial charge in [-0.05, 0) is 94.8 Å². The molecule has 0 unspecified atom stereocenters. The van der Waals surface area contributed by atoms with Crippen molar-refractivity contribution in [2.75, 3.05) is 0 Å². The summed E-state index contributed by atoms with van der Waals surface area (Å²) in [6, 6.07) is 51.6. The SMILES string of the molecule is CC1(C)c2ccccc2-c2cc3c4cc(-c5ccccc5)ccc4n(C4=Cc5c(n(-c6ccccc6)c6ccccc56)CC4)c3cc21. The molecule has 2 nitrogen and oxygen atoms in total. The fraction of sp³-hybridized carbons (Fsp3) is 0.111. The molecule has 2 aliphatic carbocycles. The quantitative estimate of drug-likeness (QED) is 0.190.